The van der Waals surface area contributed by atoms with Crippen molar-refractivity contribution in [1.29, 1.82) is 0 Å². The fourth-order valence-corrected chi connectivity index (χ4v) is 3.04. The van der Waals surface area contributed by atoms with E-state index in [1.807, 2.05) is 7.05 Å². The number of nitrogens with one attached hydrogen (secondary N) is 1. The highest BCUT2D eigenvalue weighted by Gasteiger charge is 2.35. The van der Waals surface area contributed by atoms with E-state index in [2.05, 4.69) is 42.8 Å². The Morgan fingerprint density at radius 1 is 1.38 bits per heavy atom. The number of benzene rings is 1. The first-order chi connectivity index (χ1) is 10.2. The number of nitrogens with zero attached hydrogens (tertiary/aromatic N) is 1. The Labute approximate surface area is 131 Å². The Bertz CT molecular complexity index is 464. The number of likely N-dealkylation sites (N-methyl/N-ethyl adjacent to an activating group) is 1. The highest BCUT2D eigenvalue weighted by molar-refractivity contribution is 7.98. The van der Waals surface area contributed by atoms with Gasteiger partial charge in [-0.3, -0.25) is 4.79 Å². The van der Waals surface area contributed by atoms with Gasteiger partial charge in [0.05, 0.1) is 19.1 Å². The van der Waals surface area contributed by atoms with Crippen molar-refractivity contribution in [3.05, 3.63) is 29.8 Å². The second-order valence-corrected chi connectivity index (χ2v) is 6.23. The van der Waals surface area contributed by atoms with E-state index in [0.29, 0.717) is 19.8 Å². The number of hydrogen-bond donors (Lipinski definition) is 1. The first kappa shape index (κ1) is 16.3. The molecule has 1 aromatic rings. The monoisotopic (exact) mass is 308 g/mol. The summed E-state index contributed by atoms with van der Waals surface area (Å²) in [6.07, 6.45) is 2.06. The van der Waals surface area contributed by atoms with Gasteiger partial charge in [0, 0.05) is 24.5 Å². The molecule has 0 spiro atoms. The van der Waals surface area contributed by atoms with Crippen molar-refractivity contribution in [3.63, 3.8) is 0 Å². The first-order valence-corrected chi connectivity index (χ1v) is 8.57. The van der Waals surface area contributed by atoms with Gasteiger partial charge < -0.3 is 15.0 Å². The van der Waals surface area contributed by atoms with Crippen LogP contribution in [0, 0.1) is 5.92 Å². The lowest BCUT2D eigenvalue weighted by Gasteiger charge is -2.24. The highest BCUT2D eigenvalue weighted by atomic mass is 32.2. The number of carbonyl (C=O) groups excluding carboxylic acids is 1. The number of hydrogen-bond acceptors (Lipinski definition) is 4. The number of rotatable bonds is 6. The van der Waals surface area contributed by atoms with Crippen molar-refractivity contribution in [2.75, 3.05) is 33.1 Å². The topological polar surface area (TPSA) is 41.6 Å². The minimum Gasteiger partial charge on any atom is -0.379 e. The van der Waals surface area contributed by atoms with Gasteiger partial charge in [-0.15, -0.1) is 11.8 Å². The van der Waals surface area contributed by atoms with Crippen LogP contribution in [0.1, 0.15) is 12.5 Å². The minimum atomic E-state index is -0.0691. The molecule has 2 atom stereocenters. The molecule has 1 saturated heterocycles. The van der Waals surface area contributed by atoms with E-state index in [1.54, 1.807) is 16.7 Å². The second-order valence-electron chi connectivity index (χ2n) is 5.35. The van der Waals surface area contributed by atoms with E-state index in [1.165, 1.54) is 4.90 Å². The molecule has 0 radical (unpaired) electrons. The average Bonchev–Trinajstić information content (AvgIpc) is 2.96. The lowest BCUT2D eigenvalue weighted by Crippen LogP contribution is -2.44. The molecule has 0 aromatic heterocycles. The lowest BCUT2D eigenvalue weighted by molar-refractivity contribution is -0.135. The van der Waals surface area contributed by atoms with Crippen LogP contribution in [0.25, 0.3) is 0 Å². The van der Waals surface area contributed by atoms with Crippen LogP contribution in [0.2, 0.25) is 0 Å². The molecule has 1 heterocycles. The van der Waals surface area contributed by atoms with Gasteiger partial charge in [-0.05, 0) is 30.5 Å². The summed E-state index contributed by atoms with van der Waals surface area (Å²) in [5, 5.41) is 3.33. The standard InChI is InChI=1S/C16H24N2O2S/c1-4-17-15-11-20-10-14(15)16(19)18(2)9-12-5-7-13(21-3)8-6-12/h5-8,14-15,17H,4,9-11H2,1-3H3. The Balaban J connectivity index is 1.95. The van der Waals surface area contributed by atoms with Crippen LogP contribution in [0.4, 0.5) is 0 Å². The van der Waals surface area contributed by atoms with E-state index < -0.39 is 0 Å². The number of ether oxygens (including phenoxy) is 1. The van der Waals surface area contributed by atoms with Gasteiger partial charge in [0.1, 0.15) is 0 Å². The number of carbonyl (C=O) groups is 1. The Morgan fingerprint density at radius 3 is 2.71 bits per heavy atom. The summed E-state index contributed by atoms with van der Waals surface area (Å²) in [6.45, 7) is 4.70. The number of thioether (sulfide) groups is 1. The molecule has 1 fully saturated rings. The Hall–Kier alpha value is -1.04. The molecule has 1 aliphatic heterocycles. The van der Waals surface area contributed by atoms with E-state index in [0.717, 1.165) is 12.1 Å². The predicted octanol–water partition coefficient (Wildman–Crippen LogP) is 1.99. The second kappa shape index (κ2) is 7.82. The molecule has 1 amide bonds. The zero-order valence-electron chi connectivity index (χ0n) is 13.0. The molecule has 1 N–H and O–H groups in total. The van der Waals surface area contributed by atoms with Crippen LogP contribution in [-0.2, 0) is 16.1 Å². The zero-order valence-corrected chi connectivity index (χ0v) is 13.8. The van der Waals surface area contributed by atoms with Gasteiger partial charge in [-0.25, -0.2) is 0 Å². The lowest BCUT2D eigenvalue weighted by atomic mass is 10.0. The Kier molecular flexibility index (Phi) is 6.08. The maximum absolute atomic E-state index is 12.6. The molecule has 1 aliphatic rings. The fraction of sp³-hybridized carbons (Fsp3) is 0.562. The summed E-state index contributed by atoms with van der Waals surface area (Å²) < 4.78 is 5.46. The first-order valence-electron chi connectivity index (χ1n) is 7.34. The van der Waals surface area contributed by atoms with Gasteiger partial charge >= 0.3 is 0 Å². The molecular weight excluding hydrogens is 284 g/mol. The third kappa shape index (κ3) is 4.22. The maximum atomic E-state index is 12.6. The van der Waals surface area contributed by atoms with Crippen LogP contribution in [-0.4, -0.2) is 49.9 Å². The van der Waals surface area contributed by atoms with Crippen LogP contribution < -0.4 is 5.32 Å². The SMILES string of the molecule is CCNC1COCC1C(=O)N(C)Cc1ccc(SC)cc1. The van der Waals surface area contributed by atoms with E-state index in [9.17, 15) is 4.79 Å². The fourth-order valence-electron chi connectivity index (χ4n) is 2.63. The molecular formula is C16H24N2O2S. The third-order valence-corrected chi connectivity index (χ3v) is 4.56. The Morgan fingerprint density at radius 2 is 2.10 bits per heavy atom. The van der Waals surface area contributed by atoms with Crippen molar-refractivity contribution in [3.8, 4) is 0 Å². The summed E-state index contributed by atoms with van der Waals surface area (Å²) >= 11 is 1.72. The van der Waals surface area contributed by atoms with Gasteiger partial charge in [0.2, 0.25) is 5.91 Å². The van der Waals surface area contributed by atoms with Crippen molar-refractivity contribution < 1.29 is 9.53 Å². The van der Waals surface area contributed by atoms with E-state index >= 15 is 0 Å². The van der Waals surface area contributed by atoms with Crippen LogP contribution in [0.3, 0.4) is 0 Å². The quantitative estimate of drug-likeness (QED) is 0.816. The summed E-state index contributed by atoms with van der Waals surface area (Å²) in [5.74, 6) is 0.0906. The third-order valence-electron chi connectivity index (χ3n) is 3.82. The summed E-state index contributed by atoms with van der Waals surface area (Å²) in [5.41, 5.74) is 1.16. The zero-order chi connectivity index (χ0) is 15.2. The van der Waals surface area contributed by atoms with E-state index in [-0.39, 0.29) is 17.9 Å². The molecule has 4 nitrogen and oxygen atoms in total. The molecule has 2 unspecified atom stereocenters. The van der Waals surface area contributed by atoms with Gasteiger partial charge in [-0.2, -0.15) is 0 Å². The normalized spacial score (nSPS) is 21.5. The average molecular weight is 308 g/mol. The van der Waals surface area contributed by atoms with Crippen LogP contribution in [0.5, 0.6) is 0 Å². The largest absolute Gasteiger partial charge is 0.379 e. The predicted molar refractivity (Wildman–Crippen MR) is 86.5 cm³/mol. The van der Waals surface area contributed by atoms with E-state index in [4.69, 9.17) is 4.74 Å². The molecule has 1 aromatic carbocycles. The highest BCUT2D eigenvalue weighted by Crippen LogP contribution is 2.19. The molecule has 21 heavy (non-hydrogen) atoms. The van der Waals surface area contributed by atoms with Crippen molar-refractivity contribution >= 4 is 17.7 Å². The smallest absolute Gasteiger partial charge is 0.229 e. The molecule has 0 saturated carbocycles. The molecule has 0 bridgehead atoms. The summed E-state index contributed by atoms with van der Waals surface area (Å²) in [7, 11) is 1.87. The van der Waals surface area contributed by atoms with Crippen molar-refractivity contribution in [2.45, 2.75) is 24.4 Å². The molecule has 5 heteroatoms. The van der Waals surface area contributed by atoms with Gasteiger partial charge in [0.15, 0.2) is 0 Å². The maximum Gasteiger partial charge on any atom is 0.229 e. The molecule has 116 valence electrons. The van der Waals surface area contributed by atoms with Crippen molar-refractivity contribution in [2.24, 2.45) is 5.92 Å². The minimum absolute atomic E-state index is 0.0691. The van der Waals surface area contributed by atoms with Gasteiger partial charge in [0.25, 0.3) is 0 Å². The van der Waals surface area contributed by atoms with Crippen LogP contribution in [0.15, 0.2) is 29.2 Å². The number of amides is 1. The summed E-state index contributed by atoms with van der Waals surface area (Å²) in [6, 6.07) is 8.51. The molecule has 0 aliphatic carbocycles. The summed E-state index contributed by atoms with van der Waals surface area (Å²) in [4.78, 5) is 15.6. The van der Waals surface area contributed by atoms with Crippen molar-refractivity contribution in [1.82, 2.24) is 10.2 Å². The van der Waals surface area contributed by atoms with Crippen LogP contribution >= 0.6 is 11.8 Å². The molecule has 2 rings (SSSR count). The van der Waals surface area contributed by atoms with Gasteiger partial charge in [-0.1, -0.05) is 19.1 Å².